The highest BCUT2D eigenvalue weighted by atomic mass is 32.2. The monoisotopic (exact) mass is 498 g/mol. The molecular formula is C30H30N2O3S. The molecule has 1 heterocycles. The number of benzene rings is 3. The van der Waals surface area contributed by atoms with Crippen LogP contribution in [0.25, 0.3) is 6.08 Å². The highest BCUT2D eigenvalue weighted by Gasteiger charge is 2.34. The molecule has 36 heavy (non-hydrogen) atoms. The minimum atomic E-state index is -0.112. The topological polar surface area (TPSA) is 51.1 Å². The summed E-state index contributed by atoms with van der Waals surface area (Å²) in [5, 5.41) is 0.623. The van der Waals surface area contributed by atoms with Crippen LogP contribution in [0.4, 0.5) is 11.4 Å². The number of hydrogen-bond acceptors (Lipinski definition) is 5. The fourth-order valence-electron chi connectivity index (χ4n) is 3.77. The summed E-state index contributed by atoms with van der Waals surface area (Å²) in [6.07, 6.45) is 5.45. The van der Waals surface area contributed by atoms with E-state index in [4.69, 9.17) is 14.5 Å². The van der Waals surface area contributed by atoms with Crippen molar-refractivity contribution in [3.8, 4) is 11.5 Å². The minimum Gasteiger partial charge on any atom is -0.493 e. The maximum absolute atomic E-state index is 13.6. The number of anilines is 1. The van der Waals surface area contributed by atoms with Crippen molar-refractivity contribution >= 4 is 40.3 Å². The number of methoxy groups -OCH3 is 1. The van der Waals surface area contributed by atoms with Gasteiger partial charge in [0, 0.05) is 0 Å². The molecule has 0 radical (unpaired) electrons. The Morgan fingerprint density at radius 2 is 1.61 bits per heavy atom. The Bertz CT molecular complexity index is 1290. The van der Waals surface area contributed by atoms with Gasteiger partial charge >= 0.3 is 0 Å². The van der Waals surface area contributed by atoms with E-state index >= 15 is 0 Å². The van der Waals surface area contributed by atoms with Crippen molar-refractivity contribution in [1.82, 2.24) is 0 Å². The molecule has 0 unspecified atom stereocenters. The number of nitrogens with zero attached hydrogens (tertiary/aromatic N) is 2. The van der Waals surface area contributed by atoms with Gasteiger partial charge in [-0.3, -0.25) is 9.69 Å². The molecule has 1 fully saturated rings. The van der Waals surface area contributed by atoms with Crippen LogP contribution in [0.1, 0.15) is 30.5 Å². The van der Waals surface area contributed by atoms with Crippen molar-refractivity contribution in [3.05, 3.63) is 101 Å². The summed E-state index contributed by atoms with van der Waals surface area (Å²) in [6.45, 7) is 8.30. The zero-order chi connectivity index (χ0) is 25.5. The van der Waals surface area contributed by atoms with Crippen LogP contribution in [0.15, 0.2) is 89.3 Å². The van der Waals surface area contributed by atoms with Crippen molar-refractivity contribution in [2.24, 2.45) is 4.99 Å². The van der Waals surface area contributed by atoms with E-state index in [1.807, 2.05) is 48.5 Å². The van der Waals surface area contributed by atoms with Gasteiger partial charge in [0.1, 0.15) is 6.61 Å². The van der Waals surface area contributed by atoms with Gasteiger partial charge in [-0.05, 0) is 83.8 Å². The van der Waals surface area contributed by atoms with E-state index in [0.717, 1.165) is 29.8 Å². The number of amidine groups is 1. The van der Waals surface area contributed by atoms with Crippen LogP contribution in [0, 0.1) is 0 Å². The lowest BCUT2D eigenvalue weighted by Crippen LogP contribution is -2.28. The number of carbonyl (C=O) groups is 1. The average molecular weight is 499 g/mol. The Morgan fingerprint density at radius 1 is 0.944 bits per heavy atom. The number of aliphatic imine (C=N–C) groups is 1. The molecule has 1 aliphatic heterocycles. The Labute approximate surface area is 217 Å². The zero-order valence-electron chi connectivity index (χ0n) is 20.9. The van der Waals surface area contributed by atoms with Gasteiger partial charge in [-0.15, -0.1) is 0 Å². The van der Waals surface area contributed by atoms with Crippen molar-refractivity contribution in [2.45, 2.75) is 26.7 Å². The first-order valence-corrected chi connectivity index (χ1v) is 12.8. The molecule has 1 amide bonds. The molecule has 0 aliphatic carbocycles. The first kappa shape index (κ1) is 25.3. The second-order valence-electron chi connectivity index (χ2n) is 8.20. The van der Waals surface area contributed by atoms with Gasteiger partial charge in [-0.2, -0.15) is 0 Å². The smallest absolute Gasteiger partial charge is 0.271 e. The number of thioether (sulfide) groups is 1. The van der Waals surface area contributed by atoms with E-state index in [-0.39, 0.29) is 5.91 Å². The third-order valence-electron chi connectivity index (χ3n) is 5.82. The van der Waals surface area contributed by atoms with E-state index in [9.17, 15) is 4.79 Å². The first-order valence-electron chi connectivity index (χ1n) is 12.0. The van der Waals surface area contributed by atoms with Crippen molar-refractivity contribution in [1.29, 1.82) is 0 Å². The first-order chi connectivity index (χ1) is 17.6. The summed E-state index contributed by atoms with van der Waals surface area (Å²) in [4.78, 5) is 20.7. The second kappa shape index (κ2) is 11.8. The van der Waals surface area contributed by atoms with Crippen LogP contribution in [0.5, 0.6) is 11.5 Å². The maximum Gasteiger partial charge on any atom is 0.271 e. The van der Waals surface area contributed by atoms with Gasteiger partial charge in [0.15, 0.2) is 16.7 Å². The molecule has 6 heteroatoms. The van der Waals surface area contributed by atoms with Crippen LogP contribution >= 0.6 is 11.8 Å². The third-order valence-corrected chi connectivity index (χ3v) is 6.79. The van der Waals surface area contributed by atoms with Gasteiger partial charge in [0.2, 0.25) is 0 Å². The fraction of sp³-hybridized carbons (Fsp3) is 0.200. The third kappa shape index (κ3) is 5.71. The zero-order valence-corrected chi connectivity index (χ0v) is 21.7. The van der Waals surface area contributed by atoms with Gasteiger partial charge < -0.3 is 9.47 Å². The lowest BCUT2D eigenvalue weighted by Gasteiger charge is -2.16. The number of amides is 1. The molecular weight excluding hydrogens is 468 g/mol. The van der Waals surface area contributed by atoms with E-state index < -0.39 is 0 Å². The minimum absolute atomic E-state index is 0.112. The van der Waals surface area contributed by atoms with Crippen LogP contribution in [0.2, 0.25) is 0 Å². The van der Waals surface area contributed by atoms with Gasteiger partial charge in [-0.1, -0.05) is 56.8 Å². The SMILES string of the molecule is C=CCOc1ccc(/C=C2\SC(=Nc3ccc(CC)cc3)N(c3ccc(CC)cc3)C2=O)cc1OC. The summed E-state index contributed by atoms with van der Waals surface area (Å²) in [5.41, 5.74) is 4.90. The number of carbonyl (C=O) groups excluding carboxylic acids is 1. The number of rotatable bonds is 9. The molecule has 4 rings (SSSR count). The molecule has 0 atom stereocenters. The van der Waals surface area contributed by atoms with Crippen molar-refractivity contribution in [2.75, 3.05) is 18.6 Å². The lowest BCUT2D eigenvalue weighted by molar-refractivity contribution is -0.113. The average Bonchev–Trinajstić information content (AvgIpc) is 3.22. The van der Waals surface area contributed by atoms with Crippen LogP contribution in [0.3, 0.4) is 0 Å². The molecule has 0 N–H and O–H groups in total. The summed E-state index contributed by atoms with van der Waals surface area (Å²) in [7, 11) is 1.60. The Hall–Kier alpha value is -3.77. The molecule has 0 spiro atoms. The Balaban J connectivity index is 1.71. The maximum atomic E-state index is 13.6. The fourth-order valence-corrected chi connectivity index (χ4v) is 4.77. The van der Waals surface area contributed by atoms with Crippen molar-refractivity contribution < 1.29 is 14.3 Å². The number of hydrogen-bond donors (Lipinski definition) is 0. The highest BCUT2D eigenvalue weighted by Crippen LogP contribution is 2.38. The molecule has 1 saturated heterocycles. The van der Waals surface area contributed by atoms with Gasteiger partial charge in [-0.25, -0.2) is 4.99 Å². The predicted molar refractivity (Wildman–Crippen MR) is 150 cm³/mol. The molecule has 184 valence electrons. The summed E-state index contributed by atoms with van der Waals surface area (Å²) >= 11 is 1.36. The largest absolute Gasteiger partial charge is 0.493 e. The van der Waals surface area contributed by atoms with E-state index in [1.165, 1.54) is 22.9 Å². The van der Waals surface area contributed by atoms with Crippen LogP contribution in [-0.4, -0.2) is 24.8 Å². The lowest BCUT2D eigenvalue weighted by atomic mass is 10.1. The number of aryl methyl sites for hydroxylation is 2. The summed E-state index contributed by atoms with van der Waals surface area (Å²) in [6, 6.07) is 21.8. The predicted octanol–water partition coefficient (Wildman–Crippen LogP) is 7.19. The van der Waals surface area contributed by atoms with Crippen LogP contribution < -0.4 is 14.4 Å². The normalized spacial score (nSPS) is 15.5. The quantitative estimate of drug-likeness (QED) is 0.231. The second-order valence-corrected chi connectivity index (χ2v) is 9.20. The molecule has 0 bridgehead atoms. The Morgan fingerprint density at radius 3 is 2.22 bits per heavy atom. The molecule has 0 saturated carbocycles. The summed E-state index contributed by atoms with van der Waals surface area (Å²) < 4.78 is 11.1. The molecule has 1 aliphatic rings. The van der Waals surface area contributed by atoms with E-state index in [0.29, 0.717) is 28.2 Å². The molecule has 3 aromatic carbocycles. The molecule has 5 nitrogen and oxygen atoms in total. The van der Waals surface area contributed by atoms with Crippen LogP contribution in [-0.2, 0) is 17.6 Å². The number of ether oxygens (including phenoxy) is 2. The standard InChI is InChI=1S/C30H30N2O3S/c1-5-18-35-26-17-12-23(19-27(26)34-4)20-28-29(33)32(25-15-10-22(7-3)11-16-25)30(36-28)31-24-13-8-21(6-2)9-14-24/h5,8-17,19-20H,1,6-7,18H2,2-4H3/b28-20-,31-30?. The molecule has 0 aromatic heterocycles. The van der Waals surface area contributed by atoms with Crippen molar-refractivity contribution in [3.63, 3.8) is 0 Å². The van der Waals surface area contributed by atoms with Gasteiger partial charge in [0.25, 0.3) is 5.91 Å². The van der Waals surface area contributed by atoms with Gasteiger partial charge in [0.05, 0.1) is 23.4 Å². The Kier molecular flexibility index (Phi) is 8.28. The summed E-state index contributed by atoms with van der Waals surface area (Å²) in [5.74, 6) is 1.11. The highest BCUT2D eigenvalue weighted by molar-refractivity contribution is 8.19. The molecule has 3 aromatic rings. The van der Waals surface area contributed by atoms with E-state index in [1.54, 1.807) is 18.1 Å². The van der Waals surface area contributed by atoms with E-state index in [2.05, 4.69) is 44.7 Å².